The zero-order chi connectivity index (χ0) is 20.1. The number of hydrogen-bond acceptors (Lipinski definition) is 6. The fourth-order valence-corrected chi connectivity index (χ4v) is 2.68. The molecule has 1 amide bonds. The number of carbonyl (C=O) groups excluding carboxylic acids is 1. The molecule has 28 heavy (non-hydrogen) atoms. The molecule has 0 saturated carbocycles. The summed E-state index contributed by atoms with van der Waals surface area (Å²) in [6.07, 6.45) is 1.93. The second-order valence-corrected chi connectivity index (χ2v) is 6.39. The number of ether oxygens (including phenoxy) is 1. The molecule has 0 spiro atoms. The molecule has 0 fully saturated rings. The molecule has 144 valence electrons. The van der Waals surface area contributed by atoms with E-state index >= 15 is 0 Å². The summed E-state index contributed by atoms with van der Waals surface area (Å²) in [4.78, 5) is 27.6. The van der Waals surface area contributed by atoms with E-state index in [9.17, 15) is 4.79 Å². The van der Waals surface area contributed by atoms with Gasteiger partial charge in [0, 0.05) is 12.5 Å². The van der Waals surface area contributed by atoms with Crippen molar-refractivity contribution in [2.45, 2.75) is 26.3 Å². The van der Waals surface area contributed by atoms with E-state index in [1.165, 1.54) is 6.20 Å². The predicted octanol–water partition coefficient (Wildman–Crippen LogP) is 2.55. The van der Waals surface area contributed by atoms with Crippen molar-refractivity contribution in [2.24, 2.45) is 0 Å². The summed E-state index contributed by atoms with van der Waals surface area (Å²) in [5.74, 6) is 6.29. The lowest BCUT2D eigenvalue weighted by Crippen LogP contribution is -2.32. The quantitative estimate of drug-likeness (QED) is 0.568. The van der Waals surface area contributed by atoms with Crippen molar-refractivity contribution in [1.82, 2.24) is 25.3 Å². The molecule has 9 heteroatoms. The molecule has 2 heterocycles. The van der Waals surface area contributed by atoms with Crippen molar-refractivity contribution in [3.05, 3.63) is 40.8 Å². The Kier molecular flexibility index (Phi) is 5.96. The van der Waals surface area contributed by atoms with Crippen LogP contribution in [0.3, 0.4) is 0 Å². The zero-order valence-electron chi connectivity index (χ0n) is 15.4. The number of nitrogen functional groups attached to an aromatic ring is 1. The first kappa shape index (κ1) is 19.5. The smallest absolute Gasteiger partial charge is 0.287 e. The molecule has 0 radical (unpaired) electrons. The van der Waals surface area contributed by atoms with Crippen molar-refractivity contribution >= 4 is 34.5 Å². The first-order valence-electron chi connectivity index (χ1n) is 8.67. The van der Waals surface area contributed by atoms with Crippen LogP contribution in [-0.2, 0) is 0 Å². The number of carbonyl (C=O) groups is 1. The topological polar surface area (TPSA) is 119 Å². The van der Waals surface area contributed by atoms with Gasteiger partial charge in [-0.2, -0.15) is 4.98 Å². The lowest BCUT2D eigenvalue weighted by Gasteiger charge is -2.09. The second kappa shape index (κ2) is 8.59. The molecule has 4 N–H and O–H groups in total. The van der Waals surface area contributed by atoms with Gasteiger partial charge in [0.05, 0.1) is 23.3 Å². The largest absolute Gasteiger partial charge is 0.477 e. The van der Waals surface area contributed by atoms with E-state index < -0.39 is 0 Å². The summed E-state index contributed by atoms with van der Waals surface area (Å²) in [6, 6.07) is 5.13. The Morgan fingerprint density at radius 3 is 3.00 bits per heavy atom. The van der Waals surface area contributed by atoms with Gasteiger partial charge in [0.25, 0.3) is 5.91 Å². The van der Waals surface area contributed by atoms with E-state index in [0.29, 0.717) is 40.5 Å². The molecule has 0 unspecified atom stereocenters. The Morgan fingerprint density at radius 1 is 1.43 bits per heavy atom. The number of hydrogen-bond donors (Lipinski definition) is 3. The number of nitrogens with two attached hydrogens (primary N) is 1. The number of aromatic nitrogens is 4. The summed E-state index contributed by atoms with van der Waals surface area (Å²) < 4.78 is 5.41. The number of imidazole rings is 1. The van der Waals surface area contributed by atoms with Crippen LogP contribution in [-0.4, -0.2) is 38.5 Å². The maximum Gasteiger partial charge on any atom is 0.287 e. The predicted molar refractivity (Wildman–Crippen MR) is 107 cm³/mol. The average Bonchev–Trinajstić information content (AvgIpc) is 3.10. The van der Waals surface area contributed by atoms with Gasteiger partial charge in [-0.15, -0.1) is 0 Å². The highest BCUT2D eigenvalue weighted by molar-refractivity contribution is 6.35. The molecule has 1 aromatic carbocycles. The number of rotatable bonds is 5. The summed E-state index contributed by atoms with van der Waals surface area (Å²) in [5.41, 5.74) is 7.38. The van der Waals surface area contributed by atoms with Gasteiger partial charge in [-0.25, -0.2) is 9.97 Å². The molecule has 3 rings (SSSR count). The van der Waals surface area contributed by atoms with E-state index in [1.54, 1.807) is 12.1 Å². The second-order valence-electron chi connectivity index (χ2n) is 5.98. The lowest BCUT2D eigenvalue weighted by molar-refractivity contribution is 0.0931. The number of para-hydroxylation sites is 1. The minimum atomic E-state index is -0.326. The number of halogens is 1. The van der Waals surface area contributed by atoms with Crippen LogP contribution >= 0.6 is 11.6 Å². The van der Waals surface area contributed by atoms with Crippen molar-refractivity contribution in [1.29, 1.82) is 0 Å². The van der Waals surface area contributed by atoms with Crippen LogP contribution in [0.4, 0.5) is 5.95 Å². The van der Waals surface area contributed by atoms with Gasteiger partial charge >= 0.3 is 0 Å². The fraction of sp³-hybridized carbons (Fsp3) is 0.263. The number of fused-ring (bicyclic) bond motifs is 1. The van der Waals surface area contributed by atoms with Gasteiger partial charge in [0.1, 0.15) is 11.1 Å². The molecule has 3 aromatic rings. The Bertz CT molecular complexity index is 1070. The van der Waals surface area contributed by atoms with Gasteiger partial charge in [-0.05, 0) is 26.0 Å². The molecule has 0 bridgehead atoms. The standard InChI is InChI=1S/C19H19ClN6O2/c1-3-28-18-12(10-22-19(21)26-18)7-4-6-11(2)23-17(27)16-24-14-9-5-8-13(20)15(14)25-16/h5,8-11H,3,6H2,1-2H3,(H,23,27)(H,24,25)(H2,21,22,26)/t11-/m0/s1. The Morgan fingerprint density at radius 2 is 2.25 bits per heavy atom. The summed E-state index contributed by atoms with van der Waals surface area (Å²) in [6.45, 7) is 4.14. The first-order valence-corrected chi connectivity index (χ1v) is 9.05. The van der Waals surface area contributed by atoms with Gasteiger partial charge in [-0.3, -0.25) is 4.79 Å². The molecule has 8 nitrogen and oxygen atoms in total. The monoisotopic (exact) mass is 398 g/mol. The molecular weight excluding hydrogens is 380 g/mol. The van der Waals surface area contributed by atoms with Gasteiger partial charge in [0.2, 0.25) is 11.8 Å². The molecule has 0 saturated heterocycles. The minimum absolute atomic E-state index is 0.126. The fourth-order valence-electron chi connectivity index (χ4n) is 2.46. The van der Waals surface area contributed by atoms with Crippen LogP contribution in [0.5, 0.6) is 5.88 Å². The molecule has 0 aliphatic heterocycles. The van der Waals surface area contributed by atoms with Crippen LogP contribution in [0.1, 0.15) is 36.5 Å². The summed E-state index contributed by atoms with van der Waals surface area (Å²) >= 11 is 6.09. The van der Waals surface area contributed by atoms with E-state index in [1.807, 2.05) is 19.9 Å². The third-order valence-corrected chi connectivity index (χ3v) is 4.05. The summed E-state index contributed by atoms with van der Waals surface area (Å²) in [5, 5.41) is 3.34. The van der Waals surface area contributed by atoms with E-state index in [2.05, 4.69) is 37.1 Å². The van der Waals surface area contributed by atoms with Crippen molar-refractivity contribution < 1.29 is 9.53 Å². The zero-order valence-corrected chi connectivity index (χ0v) is 16.2. The van der Waals surface area contributed by atoms with Crippen LogP contribution in [0, 0.1) is 11.8 Å². The van der Waals surface area contributed by atoms with E-state index in [0.717, 1.165) is 0 Å². The van der Waals surface area contributed by atoms with Crippen molar-refractivity contribution in [3.63, 3.8) is 0 Å². The number of amides is 1. The molecule has 1 atom stereocenters. The Labute approximate surface area is 166 Å². The Balaban J connectivity index is 1.64. The average molecular weight is 399 g/mol. The SMILES string of the molecule is CCOc1nc(N)ncc1C#CC[C@H](C)NC(=O)c1nc2c(Cl)cccc2[nH]1. The summed E-state index contributed by atoms with van der Waals surface area (Å²) in [7, 11) is 0. The maximum atomic E-state index is 12.4. The highest BCUT2D eigenvalue weighted by atomic mass is 35.5. The molecular formula is C19H19ClN6O2. The number of benzene rings is 1. The Hall–Kier alpha value is -3.31. The third-order valence-electron chi connectivity index (χ3n) is 3.74. The highest BCUT2D eigenvalue weighted by Crippen LogP contribution is 2.20. The number of H-pyrrole nitrogens is 1. The lowest BCUT2D eigenvalue weighted by atomic mass is 10.2. The third kappa shape index (κ3) is 4.50. The minimum Gasteiger partial charge on any atom is -0.477 e. The van der Waals surface area contributed by atoms with Gasteiger partial charge in [0.15, 0.2) is 5.82 Å². The van der Waals surface area contributed by atoms with Crippen LogP contribution in [0.25, 0.3) is 11.0 Å². The number of nitrogens with zero attached hydrogens (tertiary/aromatic N) is 3. The van der Waals surface area contributed by atoms with Crippen LogP contribution in [0.2, 0.25) is 5.02 Å². The van der Waals surface area contributed by atoms with E-state index in [-0.39, 0.29) is 23.7 Å². The molecule has 2 aromatic heterocycles. The van der Waals surface area contributed by atoms with Crippen LogP contribution in [0.15, 0.2) is 24.4 Å². The number of anilines is 1. The number of nitrogens with one attached hydrogen (secondary N) is 2. The normalized spacial score (nSPS) is 11.5. The van der Waals surface area contributed by atoms with Crippen LogP contribution < -0.4 is 15.8 Å². The number of aromatic amines is 1. The first-order chi connectivity index (χ1) is 13.5. The van der Waals surface area contributed by atoms with Gasteiger partial charge in [-0.1, -0.05) is 29.5 Å². The molecule has 0 aliphatic carbocycles. The highest BCUT2D eigenvalue weighted by Gasteiger charge is 2.14. The molecule has 0 aliphatic rings. The maximum absolute atomic E-state index is 12.4. The van der Waals surface area contributed by atoms with E-state index in [4.69, 9.17) is 22.1 Å². The van der Waals surface area contributed by atoms with Crippen molar-refractivity contribution in [2.75, 3.05) is 12.3 Å². The van der Waals surface area contributed by atoms with Gasteiger partial charge < -0.3 is 20.8 Å². The van der Waals surface area contributed by atoms with Crippen molar-refractivity contribution in [3.8, 4) is 17.7 Å².